The Morgan fingerprint density at radius 1 is 1.03 bits per heavy atom. The van der Waals surface area contributed by atoms with E-state index < -0.39 is 5.60 Å². The standard InChI is InChI=1S/C25H19ClIN7O/c1-33-14-28-13-22(33)25(35,16-5-8-19(27)9-6-16)17-7-10-21-20(12-17)23(15-3-2-4-18(26)11-15)29-24-30-31-32-34(21)24/h2-14,31-32,35H,1H3. The van der Waals surface area contributed by atoms with E-state index in [0.717, 1.165) is 25.9 Å². The van der Waals surface area contributed by atoms with Crippen molar-refractivity contribution in [1.82, 2.24) is 20.6 Å². The van der Waals surface area contributed by atoms with Gasteiger partial charge < -0.3 is 9.67 Å². The summed E-state index contributed by atoms with van der Waals surface area (Å²) in [5.74, 6) is 0.486. The highest BCUT2D eigenvalue weighted by molar-refractivity contribution is 14.1. The topological polar surface area (TPSA) is 90.1 Å². The van der Waals surface area contributed by atoms with E-state index in [4.69, 9.17) is 16.6 Å². The Bertz CT molecular complexity index is 1510. The van der Waals surface area contributed by atoms with Crippen LogP contribution in [0, 0.1) is 3.57 Å². The monoisotopic (exact) mass is 595 g/mol. The molecule has 0 bridgehead atoms. The lowest BCUT2D eigenvalue weighted by Gasteiger charge is -2.32. The molecule has 2 aliphatic heterocycles. The summed E-state index contributed by atoms with van der Waals surface area (Å²) in [5, 5.41) is 19.0. The summed E-state index contributed by atoms with van der Waals surface area (Å²) in [6.45, 7) is 0. The lowest BCUT2D eigenvalue weighted by Crippen LogP contribution is -2.43. The molecule has 0 saturated carbocycles. The van der Waals surface area contributed by atoms with Crippen LogP contribution in [0.2, 0.25) is 5.02 Å². The van der Waals surface area contributed by atoms with Gasteiger partial charge in [0.05, 0.1) is 29.6 Å². The van der Waals surface area contributed by atoms with E-state index in [0.29, 0.717) is 28.0 Å². The molecule has 3 aromatic carbocycles. The Kier molecular flexibility index (Phi) is 5.37. The van der Waals surface area contributed by atoms with Gasteiger partial charge in [-0.1, -0.05) is 41.9 Å². The van der Waals surface area contributed by atoms with E-state index in [9.17, 15) is 5.11 Å². The molecular formula is C25H19ClIN7O. The van der Waals surface area contributed by atoms with Crippen molar-refractivity contribution in [2.45, 2.75) is 5.60 Å². The van der Waals surface area contributed by atoms with Gasteiger partial charge in [0, 0.05) is 26.8 Å². The van der Waals surface area contributed by atoms with Gasteiger partial charge >= 0.3 is 0 Å². The maximum Gasteiger partial charge on any atom is 0.265 e. The Balaban J connectivity index is 1.59. The molecule has 0 fully saturated rings. The van der Waals surface area contributed by atoms with Gasteiger partial charge in [-0.05, 0) is 70.1 Å². The number of fused-ring (bicyclic) bond motifs is 3. The number of nitrogens with one attached hydrogen (secondary N) is 2. The second-order valence-corrected chi connectivity index (χ2v) is 9.96. The predicted molar refractivity (Wildman–Crippen MR) is 144 cm³/mol. The molecule has 4 aromatic rings. The van der Waals surface area contributed by atoms with Crippen molar-refractivity contribution in [3.8, 4) is 0 Å². The number of nitrogens with zero attached hydrogens (tertiary/aromatic N) is 5. The number of rotatable bonds is 4. The van der Waals surface area contributed by atoms with Crippen LogP contribution in [-0.2, 0) is 12.6 Å². The molecule has 0 amide bonds. The Labute approximate surface area is 220 Å². The maximum atomic E-state index is 12.4. The SMILES string of the molecule is Cn1cncc1C(O)(c1ccc(I)cc1)c1ccc2c(c1)C(c1cccc(Cl)c1)=NC1=NNNN12. The molecule has 35 heavy (non-hydrogen) atoms. The van der Waals surface area contributed by atoms with Crippen molar-refractivity contribution in [3.05, 3.63) is 116 Å². The smallest absolute Gasteiger partial charge is 0.265 e. The highest BCUT2D eigenvalue weighted by Gasteiger charge is 2.38. The molecule has 3 N–H and O–H groups in total. The lowest BCUT2D eigenvalue weighted by molar-refractivity contribution is 0.117. The molecule has 1 aromatic heterocycles. The number of hydrazine groups is 2. The third-order valence-electron chi connectivity index (χ3n) is 6.19. The second-order valence-electron chi connectivity index (χ2n) is 8.28. The van der Waals surface area contributed by atoms with Crippen molar-refractivity contribution < 1.29 is 5.11 Å². The van der Waals surface area contributed by atoms with Gasteiger partial charge in [0.25, 0.3) is 5.96 Å². The molecule has 10 heteroatoms. The van der Waals surface area contributed by atoms with Crippen LogP contribution in [0.5, 0.6) is 0 Å². The average molecular weight is 596 g/mol. The number of imidazole rings is 1. The summed E-state index contributed by atoms with van der Waals surface area (Å²) in [6.07, 6.45) is 3.38. The second kappa shape index (κ2) is 8.45. The first-order valence-corrected chi connectivity index (χ1v) is 12.2. The number of aliphatic hydroxyl groups is 1. The highest BCUT2D eigenvalue weighted by atomic mass is 127. The van der Waals surface area contributed by atoms with Crippen molar-refractivity contribution >= 4 is 51.6 Å². The molecule has 0 aliphatic carbocycles. The summed E-state index contributed by atoms with van der Waals surface area (Å²) in [5.41, 5.74) is 9.62. The van der Waals surface area contributed by atoms with Crippen LogP contribution in [0.3, 0.4) is 0 Å². The van der Waals surface area contributed by atoms with Gasteiger partial charge in [-0.25, -0.2) is 20.5 Å². The maximum absolute atomic E-state index is 12.4. The van der Waals surface area contributed by atoms with Crippen molar-refractivity contribution in [2.75, 3.05) is 5.01 Å². The van der Waals surface area contributed by atoms with E-state index in [-0.39, 0.29) is 0 Å². The van der Waals surface area contributed by atoms with Crippen molar-refractivity contribution in [3.63, 3.8) is 0 Å². The van der Waals surface area contributed by atoms with Gasteiger partial charge in [-0.15, -0.1) is 10.6 Å². The summed E-state index contributed by atoms with van der Waals surface area (Å²) >= 11 is 8.57. The fraction of sp³-hybridized carbons (Fsp3) is 0.0800. The molecule has 2 aliphatic rings. The van der Waals surface area contributed by atoms with Crippen molar-refractivity contribution in [2.24, 2.45) is 17.1 Å². The first-order chi connectivity index (χ1) is 16.9. The normalized spacial score (nSPS) is 16.1. The summed E-state index contributed by atoms with van der Waals surface area (Å²) in [7, 11) is 1.87. The molecule has 0 spiro atoms. The summed E-state index contributed by atoms with van der Waals surface area (Å²) in [6, 6.07) is 21.2. The number of halogens is 2. The van der Waals surface area contributed by atoms with Crippen LogP contribution in [0.1, 0.15) is 27.9 Å². The van der Waals surface area contributed by atoms with Crippen LogP contribution in [0.4, 0.5) is 5.69 Å². The number of anilines is 1. The molecule has 1 atom stereocenters. The molecule has 0 saturated heterocycles. The van der Waals surface area contributed by atoms with Crippen LogP contribution in [0.15, 0.2) is 89.3 Å². The number of hydrogen-bond donors (Lipinski definition) is 3. The van der Waals surface area contributed by atoms with Gasteiger partial charge in [0.1, 0.15) is 0 Å². The molecule has 0 radical (unpaired) electrons. The Morgan fingerprint density at radius 2 is 1.83 bits per heavy atom. The van der Waals surface area contributed by atoms with E-state index >= 15 is 0 Å². The zero-order valence-corrected chi connectivity index (χ0v) is 21.4. The number of guanidine groups is 1. The number of aryl methyl sites for hydroxylation is 1. The fourth-order valence-corrected chi connectivity index (χ4v) is 5.04. The minimum absolute atomic E-state index is 0.486. The fourth-order valence-electron chi connectivity index (χ4n) is 4.49. The third kappa shape index (κ3) is 3.62. The molecule has 1 unspecified atom stereocenters. The summed E-state index contributed by atoms with van der Waals surface area (Å²) in [4.78, 5) is 9.07. The Hall–Kier alpha value is -3.25. The van der Waals surface area contributed by atoms with Crippen LogP contribution >= 0.6 is 34.2 Å². The van der Waals surface area contributed by atoms with Gasteiger partial charge in [-0.3, -0.25) is 0 Å². The highest BCUT2D eigenvalue weighted by Crippen LogP contribution is 2.40. The minimum atomic E-state index is -1.45. The first kappa shape index (κ1) is 22.2. The lowest BCUT2D eigenvalue weighted by atomic mass is 9.82. The largest absolute Gasteiger partial charge is 0.374 e. The van der Waals surface area contributed by atoms with E-state index in [2.05, 4.69) is 43.7 Å². The molecule has 6 rings (SSSR count). The zero-order chi connectivity index (χ0) is 24.2. The number of aliphatic imine (C=N–C) groups is 1. The molecule has 3 heterocycles. The number of benzene rings is 3. The number of hydrazone groups is 1. The van der Waals surface area contributed by atoms with Gasteiger partial charge in [0.2, 0.25) is 0 Å². The number of aromatic nitrogens is 2. The van der Waals surface area contributed by atoms with Crippen LogP contribution in [0.25, 0.3) is 0 Å². The average Bonchev–Trinajstić information content (AvgIpc) is 3.52. The van der Waals surface area contributed by atoms with Gasteiger partial charge in [0.15, 0.2) is 5.60 Å². The molecular weight excluding hydrogens is 577 g/mol. The summed E-state index contributed by atoms with van der Waals surface area (Å²) < 4.78 is 2.92. The third-order valence-corrected chi connectivity index (χ3v) is 7.14. The first-order valence-electron chi connectivity index (χ1n) is 10.8. The number of hydrogen-bond acceptors (Lipinski definition) is 7. The Morgan fingerprint density at radius 3 is 2.57 bits per heavy atom. The van der Waals surface area contributed by atoms with Crippen molar-refractivity contribution in [1.29, 1.82) is 0 Å². The van der Waals surface area contributed by atoms with E-state index in [1.807, 2.05) is 78.3 Å². The van der Waals surface area contributed by atoms with E-state index in [1.165, 1.54) is 0 Å². The molecule has 8 nitrogen and oxygen atoms in total. The van der Waals surface area contributed by atoms with E-state index in [1.54, 1.807) is 17.5 Å². The quantitative estimate of drug-likeness (QED) is 0.312. The van der Waals surface area contributed by atoms with Crippen LogP contribution in [-0.4, -0.2) is 26.3 Å². The molecule has 174 valence electrons. The minimum Gasteiger partial charge on any atom is -0.374 e. The van der Waals surface area contributed by atoms with Crippen LogP contribution < -0.4 is 16.1 Å². The predicted octanol–water partition coefficient (Wildman–Crippen LogP) is 3.91. The zero-order valence-electron chi connectivity index (χ0n) is 18.4. The van der Waals surface area contributed by atoms with Gasteiger partial charge in [-0.2, -0.15) is 0 Å².